The molecule has 154 valence electrons. The van der Waals surface area contributed by atoms with Gasteiger partial charge in [-0.15, -0.1) is 0 Å². The van der Waals surface area contributed by atoms with Gasteiger partial charge in [-0.1, -0.05) is 36.4 Å². The maximum absolute atomic E-state index is 13.5. The molecule has 0 aliphatic carbocycles. The molecule has 7 nitrogen and oxygen atoms in total. The standard InChI is InChI=1S/C19H20F2N4O3S/c1-3-29(27,28)24-18(26)15-12-22-17(25-10-8-19(20,21)9-11-25)16(23-15)14-6-4-13(2)5-7-14/h3-7,12H,1,8-11H2,2H3,(H,24,26). The molecule has 1 saturated heterocycles. The fourth-order valence-electron chi connectivity index (χ4n) is 2.90. The van der Waals surface area contributed by atoms with Gasteiger partial charge in [-0.2, -0.15) is 0 Å². The van der Waals surface area contributed by atoms with E-state index in [1.165, 1.54) is 0 Å². The number of amides is 1. The summed E-state index contributed by atoms with van der Waals surface area (Å²) in [5, 5.41) is 0.613. The van der Waals surface area contributed by atoms with Crippen molar-refractivity contribution in [1.82, 2.24) is 14.7 Å². The lowest BCUT2D eigenvalue weighted by Crippen LogP contribution is -2.40. The quantitative estimate of drug-likeness (QED) is 0.797. The lowest BCUT2D eigenvalue weighted by atomic mass is 10.0. The molecule has 10 heteroatoms. The molecule has 0 saturated carbocycles. The van der Waals surface area contributed by atoms with Crippen LogP contribution in [-0.4, -0.2) is 43.3 Å². The highest BCUT2D eigenvalue weighted by Gasteiger charge is 2.35. The molecule has 0 radical (unpaired) electrons. The van der Waals surface area contributed by atoms with E-state index in [1.54, 1.807) is 17.0 Å². The van der Waals surface area contributed by atoms with E-state index in [0.29, 0.717) is 22.5 Å². The number of hydrogen-bond acceptors (Lipinski definition) is 6. The van der Waals surface area contributed by atoms with Crippen LogP contribution in [0.2, 0.25) is 0 Å². The minimum absolute atomic E-state index is 0.0942. The monoisotopic (exact) mass is 422 g/mol. The van der Waals surface area contributed by atoms with Gasteiger partial charge in [0.2, 0.25) is 0 Å². The minimum Gasteiger partial charge on any atom is -0.354 e. The Hall–Kier alpha value is -2.88. The van der Waals surface area contributed by atoms with Gasteiger partial charge < -0.3 is 4.90 Å². The van der Waals surface area contributed by atoms with E-state index in [2.05, 4.69) is 16.5 Å². The second-order valence-electron chi connectivity index (χ2n) is 6.78. The third-order valence-electron chi connectivity index (χ3n) is 4.56. The van der Waals surface area contributed by atoms with Crippen LogP contribution in [0.25, 0.3) is 11.3 Å². The van der Waals surface area contributed by atoms with Crippen molar-refractivity contribution in [3.05, 3.63) is 53.7 Å². The molecule has 2 aromatic rings. The molecule has 0 unspecified atom stereocenters. The summed E-state index contributed by atoms with van der Waals surface area (Å²) in [6.07, 6.45) is 0.525. The number of piperidine rings is 1. The van der Waals surface area contributed by atoms with Gasteiger partial charge in [0, 0.05) is 36.9 Å². The van der Waals surface area contributed by atoms with Gasteiger partial charge in [0.15, 0.2) is 5.82 Å². The van der Waals surface area contributed by atoms with Crippen molar-refractivity contribution in [1.29, 1.82) is 0 Å². The predicted octanol–water partition coefficient (Wildman–Crippen LogP) is 2.89. The Kier molecular flexibility index (Phi) is 5.65. The predicted molar refractivity (Wildman–Crippen MR) is 105 cm³/mol. The first kappa shape index (κ1) is 20.8. The van der Waals surface area contributed by atoms with Crippen molar-refractivity contribution in [2.24, 2.45) is 0 Å². The normalized spacial score (nSPS) is 16.3. The lowest BCUT2D eigenvalue weighted by Gasteiger charge is -2.33. The molecule has 1 aliphatic rings. The summed E-state index contributed by atoms with van der Waals surface area (Å²) in [7, 11) is -3.99. The smallest absolute Gasteiger partial charge is 0.285 e. The van der Waals surface area contributed by atoms with Crippen LogP contribution in [0.4, 0.5) is 14.6 Å². The van der Waals surface area contributed by atoms with Crippen LogP contribution < -0.4 is 9.62 Å². The minimum atomic E-state index is -3.99. The van der Waals surface area contributed by atoms with Crippen molar-refractivity contribution < 1.29 is 22.0 Å². The van der Waals surface area contributed by atoms with Gasteiger partial charge in [-0.05, 0) is 6.92 Å². The van der Waals surface area contributed by atoms with E-state index in [9.17, 15) is 22.0 Å². The molecule has 3 rings (SSSR count). The van der Waals surface area contributed by atoms with E-state index in [4.69, 9.17) is 0 Å². The number of carbonyl (C=O) groups is 1. The first-order chi connectivity index (χ1) is 13.6. The van der Waals surface area contributed by atoms with Gasteiger partial charge in [-0.3, -0.25) is 4.79 Å². The van der Waals surface area contributed by atoms with Crippen molar-refractivity contribution in [2.75, 3.05) is 18.0 Å². The number of aryl methyl sites for hydroxylation is 1. The van der Waals surface area contributed by atoms with Crippen LogP contribution in [0.5, 0.6) is 0 Å². The van der Waals surface area contributed by atoms with Crippen molar-refractivity contribution in [2.45, 2.75) is 25.7 Å². The SMILES string of the molecule is C=CS(=O)(=O)NC(=O)c1cnc(N2CCC(F)(F)CC2)c(-c2ccc(C)cc2)n1. The fourth-order valence-corrected chi connectivity index (χ4v) is 3.34. The fraction of sp³-hybridized carbons (Fsp3) is 0.316. The van der Waals surface area contributed by atoms with Crippen molar-refractivity contribution in [3.8, 4) is 11.3 Å². The highest BCUT2D eigenvalue weighted by molar-refractivity contribution is 7.92. The second-order valence-corrected chi connectivity index (χ2v) is 8.41. The van der Waals surface area contributed by atoms with E-state index in [-0.39, 0.29) is 31.6 Å². The summed E-state index contributed by atoms with van der Waals surface area (Å²) in [5.41, 5.74) is 1.75. The van der Waals surface area contributed by atoms with Gasteiger partial charge in [0.1, 0.15) is 11.4 Å². The highest BCUT2D eigenvalue weighted by atomic mass is 32.2. The first-order valence-corrected chi connectivity index (χ1v) is 10.4. The van der Waals surface area contributed by atoms with Crippen LogP contribution in [-0.2, 0) is 10.0 Å². The summed E-state index contributed by atoms with van der Waals surface area (Å²) in [6, 6.07) is 7.26. The van der Waals surface area contributed by atoms with E-state index in [1.807, 2.05) is 23.8 Å². The molecule has 1 aromatic carbocycles. The summed E-state index contributed by atoms with van der Waals surface area (Å²) in [5.74, 6) is -3.30. The van der Waals surface area contributed by atoms with Crippen LogP contribution in [0.1, 0.15) is 28.9 Å². The summed E-state index contributed by atoms with van der Waals surface area (Å²) < 4.78 is 52.0. The second kappa shape index (κ2) is 7.86. The number of sulfonamides is 1. The average molecular weight is 422 g/mol. The summed E-state index contributed by atoms with van der Waals surface area (Å²) in [6.45, 7) is 5.23. The third-order valence-corrected chi connectivity index (χ3v) is 5.47. The third kappa shape index (κ3) is 4.94. The molecule has 2 heterocycles. The number of rotatable bonds is 5. The number of nitrogens with zero attached hydrogens (tertiary/aromatic N) is 3. The van der Waals surface area contributed by atoms with Gasteiger partial charge in [-0.25, -0.2) is 31.9 Å². The van der Waals surface area contributed by atoms with Crippen LogP contribution in [0, 0.1) is 6.92 Å². The zero-order chi connectivity index (χ0) is 21.2. The Bertz CT molecular complexity index is 1030. The number of carbonyl (C=O) groups excluding carboxylic acids is 1. The molecule has 1 aromatic heterocycles. The number of aromatic nitrogens is 2. The van der Waals surface area contributed by atoms with Crippen molar-refractivity contribution >= 4 is 21.7 Å². The largest absolute Gasteiger partial charge is 0.354 e. The van der Waals surface area contributed by atoms with Gasteiger partial charge in [0.25, 0.3) is 21.9 Å². The number of benzene rings is 1. The topological polar surface area (TPSA) is 92.3 Å². The Labute approximate surface area is 167 Å². The Balaban J connectivity index is 2.01. The maximum atomic E-state index is 13.5. The number of halogens is 2. The highest BCUT2D eigenvalue weighted by Crippen LogP contribution is 2.34. The van der Waals surface area contributed by atoms with Gasteiger partial charge >= 0.3 is 0 Å². The Morgan fingerprint density at radius 1 is 1.24 bits per heavy atom. The number of alkyl halides is 2. The summed E-state index contributed by atoms with van der Waals surface area (Å²) in [4.78, 5) is 22.5. The van der Waals surface area contributed by atoms with E-state index >= 15 is 0 Å². The molecule has 29 heavy (non-hydrogen) atoms. The van der Waals surface area contributed by atoms with E-state index in [0.717, 1.165) is 11.8 Å². The molecule has 1 fully saturated rings. The molecule has 1 aliphatic heterocycles. The van der Waals surface area contributed by atoms with E-state index < -0.39 is 21.9 Å². The number of nitrogens with one attached hydrogen (secondary N) is 1. The molecule has 0 spiro atoms. The maximum Gasteiger partial charge on any atom is 0.285 e. The molecule has 1 N–H and O–H groups in total. The molecule has 0 bridgehead atoms. The molecular weight excluding hydrogens is 402 g/mol. The Morgan fingerprint density at radius 2 is 1.86 bits per heavy atom. The molecule has 1 amide bonds. The average Bonchev–Trinajstić information content (AvgIpc) is 2.68. The first-order valence-electron chi connectivity index (χ1n) is 8.87. The number of hydrogen-bond donors (Lipinski definition) is 1. The summed E-state index contributed by atoms with van der Waals surface area (Å²) >= 11 is 0. The zero-order valence-corrected chi connectivity index (χ0v) is 16.5. The van der Waals surface area contributed by atoms with Crippen LogP contribution in [0.3, 0.4) is 0 Å². The van der Waals surface area contributed by atoms with Crippen LogP contribution in [0.15, 0.2) is 42.4 Å². The van der Waals surface area contributed by atoms with Gasteiger partial charge in [0.05, 0.1) is 6.20 Å². The Morgan fingerprint density at radius 3 is 2.45 bits per heavy atom. The molecule has 0 atom stereocenters. The zero-order valence-electron chi connectivity index (χ0n) is 15.7. The van der Waals surface area contributed by atoms with Crippen molar-refractivity contribution in [3.63, 3.8) is 0 Å². The lowest BCUT2D eigenvalue weighted by molar-refractivity contribution is -0.0221. The number of anilines is 1. The molecular formula is C19H20F2N4O3S. The van der Waals surface area contributed by atoms with Crippen LogP contribution >= 0.6 is 0 Å².